The number of fused-ring (bicyclic) bond motifs is 1. The molecule has 1 aromatic heterocycles. The van der Waals surface area contributed by atoms with E-state index in [0.717, 1.165) is 50.5 Å². The van der Waals surface area contributed by atoms with Crippen molar-refractivity contribution in [2.75, 3.05) is 13.1 Å². The molecule has 1 saturated carbocycles. The van der Waals surface area contributed by atoms with Crippen LogP contribution in [0.3, 0.4) is 0 Å². The zero-order valence-electron chi connectivity index (χ0n) is 19.2. The minimum Gasteiger partial charge on any atom is -0.343 e. The van der Waals surface area contributed by atoms with Crippen molar-refractivity contribution in [3.05, 3.63) is 41.0 Å². The third kappa shape index (κ3) is 4.33. The lowest BCUT2D eigenvalue weighted by atomic mass is 9.92. The number of hydrogen-bond acceptors (Lipinski definition) is 6. The molecule has 1 N–H and O–H groups in total. The molecule has 0 spiro atoms. The molecule has 2 aliphatic carbocycles. The average Bonchev–Trinajstić information content (AvgIpc) is 3.48. The molecular formula is C24H32N4O4S. The van der Waals surface area contributed by atoms with Gasteiger partial charge in [-0.25, -0.2) is 8.42 Å². The van der Waals surface area contributed by atoms with Crippen molar-refractivity contribution in [2.24, 2.45) is 5.92 Å². The molecule has 1 aromatic carbocycles. The van der Waals surface area contributed by atoms with Gasteiger partial charge in [-0.3, -0.25) is 4.79 Å². The van der Waals surface area contributed by atoms with Gasteiger partial charge in [0.15, 0.2) is 5.82 Å². The molecule has 0 bridgehead atoms. The molecule has 0 radical (unpaired) electrons. The number of nitrogens with zero attached hydrogens (tertiary/aromatic N) is 3. The fourth-order valence-electron chi connectivity index (χ4n) is 5.59. The molecule has 0 atom stereocenters. The van der Waals surface area contributed by atoms with E-state index >= 15 is 0 Å². The Balaban J connectivity index is 1.24. The Morgan fingerprint density at radius 2 is 1.79 bits per heavy atom. The molecule has 2 heterocycles. The van der Waals surface area contributed by atoms with Gasteiger partial charge in [0.25, 0.3) is 0 Å². The number of hydrogen-bond donors (Lipinski definition) is 1. The molecule has 8 nitrogen and oxygen atoms in total. The van der Waals surface area contributed by atoms with Crippen LogP contribution in [0.1, 0.15) is 74.2 Å². The summed E-state index contributed by atoms with van der Waals surface area (Å²) < 4.78 is 33.2. The van der Waals surface area contributed by atoms with Gasteiger partial charge in [-0.15, -0.1) is 0 Å². The summed E-state index contributed by atoms with van der Waals surface area (Å²) in [6.07, 6.45) is 8.88. The van der Waals surface area contributed by atoms with Crippen LogP contribution in [-0.2, 0) is 33.2 Å². The van der Waals surface area contributed by atoms with E-state index in [1.165, 1.54) is 16.3 Å². The van der Waals surface area contributed by atoms with Crippen LogP contribution >= 0.6 is 0 Å². The van der Waals surface area contributed by atoms with E-state index in [2.05, 4.69) is 15.5 Å². The van der Waals surface area contributed by atoms with E-state index in [1.54, 1.807) is 13.0 Å². The maximum atomic E-state index is 13.3. The summed E-state index contributed by atoms with van der Waals surface area (Å²) in [5.74, 6) is 0.792. The molecule has 1 amide bonds. The fraction of sp³-hybridized carbons (Fsp3) is 0.625. The molecule has 178 valence electrons. The van der Waals surface area contributed by atoms with Crippen LogP contribution in [0.5, 0.6) is 0 Å². The van der Waals surface area contributed by atoms with E-state index in [9.17, 15) is 13.2 Å². The fourth-order valence-corrected chi connectivity index (χ4v) is 7.11. The van der Waals surface area contributed by atoms with Gasteiger partial charge in [0.2, 0.25) is 21.8 Å². The zero-order valence-corrected chi connectivity index (χ0v) is 20.0. The molecule has 1 aliphatic heterocycles. The second-order valence-electron chi connectivity index (χ2n) is 9.73. The number of rotatable bonds is 5. The second kappa shape index (κ2) is 8.83. The predicted octanol–water partition coefficient (Wildman–Crippen LogP) is 3.24. The third-order valence-corrected chi connectivity index (χ3v) is 9.45. The quantitative estimate of drug-likeness (QED) is 0.716. The summed E-state index contributed by atoms with van der Waals surface area (Å²) in [5.41, 5.74) is 1.87. The molecule has 2 aromatic rings. The van der Waals surface area contributed by atoms with E-state index in [0.29, 0.717) is 42.5 Å². The number of carbonyl (C=O) groups excluding carboxylic acids is 1. The Hall–Kier alpha value is -2.26. The average molecular weight is 473 g/mol. The molecule has 2 fully saturated rings. The number of piperidine rings is 1. The van der Waals surface area contributed by atoms with Crippen LogP contribution in [0.4, 0.5) is 0 Å². The van der Waals surface area contributed by atoms with Gasteiger partial charge >= 0.3 is 0 Å². The topological polar surface area (TPSA) is 105 Å². The van der Waals surface area contributed by atoms with Gasteiger partial charge < -0.3 is 9.84 Å². The minimum atomic E-state index is -3.55. The number of benzene rings is 1. The standard InChI is InChI=1S/C24H32N4O4S/c1-17-25-23(27-32-17)24(12-4-5-13-24)26-22(29)19-10-14-28(15-11-19)33(30,31)21-9-8-18-6-2-3-7-20(18)16-21/h8-9,16,19H,2-7,10-15H2,1H3,(H,26,29). The van der Waals surface area contributed by atoms with Crippen molar-refractivity contribution in [1.29, 1.82) is 0 Å². The molecule has 9 heteroatoms. The van der Waals surface area contributed by atoms with Crippen molar-refractivity contribution < 1.29 is 17.7 Å². The van der Waals surface area contributed by atoms with Crippen LogP contribution in [0, 0.1) is 12.8 Å². The lowest BCUT2D eigenvalue weighted by Gasteiger charge is -2.34. The molecule has 33 heavy (non-hydrogen) atoms. The van der Waals surface area contributed by atoms with Crippen LogP contribution in [-0.4, -0.2) is 41.9 Å². The highest BCUT2D eigenvalue weighted by atomic mass is 32.2. The first-order valence-electron chi connectivity index (χ1n) is 12.1. The van der Waals surface area contributed by atoms with E-state index in [4.69, 9.17) is 4.52 Å². The highest BCUT2D eigenvalue weighted by Gasteiger charge is 2.43. The van der Waals surface area contributed by atoms with Crippen molar-refractivity contribution in [1.82, 2.24) is 19.8 Å². The Morgan fingerprint density at radius 1 is 1.09 bits per heavy atom. The lowest BCUT2D eigenvalue weighted by molar-refractivity contribution is -0.128. The van der Waals surface area contributed by atoms with Crippen LogP contribution in [0.15, 0.2) is 27.6 Å². The number of nitrogens with one attached hydrogen (secondary N) is 1. The predicted molar refractivity (Wildman–Crippen MR) is 122 cm³/mol. The number of sulfonamides is 1. The Labute approximate surface area is 195 Å². The lowest BCUT2D eigenvalue weighted by Crippen LogP contribution is -2.49. The van der Waals surface area contributed by atoms with Gasteiger partial charge in [0.05, 0.1) is 4.90 Å². The first kappa shape index (κ1) is 22.5. The number of amides is 1. The van der Waals surface area contributed by atoms with Gasteiger partial charge in [-0.1, -0.05) is 24.1 Å². The second-order valence-corrected chi connectivity index (χ2v) is 11.7. The van der Waals surface area contributed by atoms with Crippen molar-refractivity contribution in [3.63, 3.8) is 0 Å². The third-order valence-electron chi connectivity index (χ3n) is 7.56. The Kier molecular flexibility index (Phi) is 6.03. The van der Waals surface area contributed by atoms with Crippen molar-refractivity contribution in [3.8, 4) is 0 Å². The zero-order chi connectivity index (χ0) is 23.1. The number of aromatic nitrogens is 2. The first-order chi connectivity index (χ1) is 15.9. The van der Waals surface area contributed by atoms with Crippen LogP contribution in [0.25, 0.3) is 0 Å². The molecule has 5 rings (SSSR count). The van der Waals surface area contributed by atoms with Gasteiger partial charge in [-0.05, 0) is 74.6 Å². The minimum absolute atomic E-state index is 0.0369. The molecule has 1 saturated heterocycles. The number of aryl methyl sites for hydroxylation is 3. The maximum absolute atomic E-state index is 13.3. The smallest absolute Gasteiger partial charge is 0.243 e. The number of carbonyl (C=O) groups is 1. The summed E-state index contributed by atoms with van der Waals surface area (Å²) >= 11 is 0. The highest BCUT2D eigenvalue weighted by Crippen LogP contribution is 2.38. The van der Waals surface area contributed by atoms with Crippen molar-refractivity contribution >= 4 is 15.9 Å². The first-order valence-corrected chi connectivity index (χ1v) is 13.6. The summed E-state index contributed by atoms with van der Waals surface area (Å²) in [5, 5.41) is 7.31. The summed E-state index contributed by atoms with van der Waals surface area (Å²) in [7, 11) is -3.55. The SMILES string of the molecule is Cc1nc(C2(NC(=O)C3CCN(S(=O)(=O)c4ccc5c(c4)CCCC5)CC3)CCCC2)no1. The van der Waals surface area contributed by atoms with Gasteiger partial charge in [0, 0.05) is 25.9 Å². The van der Waals surface area contributed by atoms with E-state index in [1.807, 2.05) is 12.1 Å². The largest absolute Gasteiger partial charge is 0.343 e. The highest BCUT2D eigenvalue weighted by molar-refractivity contribution is 7.89. The summed E-state index contributed by atoms with van der Waals surface area (Å²) in [4.78, 5) is 17.9. The summed E-state index contributed by atoms with van der Waals surface area (Å²) in [6.45, 7) is 2.46. The van der Waals surface area contributed by atoms with Crippen LogP contribution in [0.2, 0.25) is 0 Å². The Morgan fingerprint density at radius 3 is 2.45 bits per heavy atom. The Bertz CT molecular complexity index is 1130. The molecular weight excluding hydrogens is 440 g/mol. The van der Waals surface area contributed by atoms with Gasteiger partial charge in [0.1, 0.15) is 5.54 Å². The summed E-state index contributed by atoms with van der Waals surface area (Å²) in [6, 6.07) is 5.58. The van der Waals surface area contributed by atoms with Gasteiger partial charge in [-0.2, -0.15) is 9.29 Å². The van der Waals surface area contributed by atoms with E-state index < -0.39 is 15.6 Å². The molecule has 0 unspecified atom stereocenters. The maximum Gasteiger partial charge on any atom is 0.243 e. The normalized spacial score (nSPS) is 21.6. The molecule has 3 aliphatic rings. The monoisotopic (exact) mass is 472 g/mol. The van der Waals surface area contributed by atoms with E-state index in [-0.39, 0.29) is 11.8 Å². The van der Waals surface area contributed by atoms with Crippen molar-refractivity contribution in [2.45, 2.75) is 81.6 Å². The van der Waals surface area contributed by atoms with Crippen LogP contribution < -0.4 is 5.32 Å².